The summed E-state index contributed by atoms with van der Waals surface area (Å²) in [6, 6.07) is 3.70. The minimum atomic E-state index is -0.908. The molecule has 1 amide bonds. The average molecular weight is 342 g/mol. The first-order chi connectivity index (χ1) is 12.1. The van der Waals surface area contributed by atoms with E-state index in [9.17, 15) is 9.59 Å². The summed E-state index contributed by atoms with van der Waals surface area (Å²) in [6.07, 6.45) is 9.88. The predicted octanol–water partition coefficient (Wildman–Crippen LogP) is 3.30. The molecule has 0 bridgehead atoms. The fourth-order valence-corrected chi connectivity index (χ4v) is 4.12. The van der Waals surface area contributed by atoms with E-state index in [2.05, 4.69) is 0 Å². The number of nitrogens with two attached hydrogens (primary N) is 1. The Labute approximate surface area is 148 Å². The maximum atomic E-state index is 12.5. The second-order valence-electron chi connectivity index (χ2n) is 6.88. The highest BCUT2D eigenvalue weighted by Crippen LogP contribution is 2.33. The molecule has 0 atom stereocenters. The molecule has 2 aromatic rings. The van der Waals surface area contributed by atoms with Crippen LogP contribution < -0.4 is 10.5 Å². The molecule has 1 aliphatic rings. The molecule has 0 saturated heterocycles. The number of carbonyl (C=O) groups is 2. The first-order valence-corrected chi connectivity index (χ1v) is 9.10. The standard InChI is InChI=1S/C20H26N2O3/c1-3-15-16(11-13-7-5-4-6-8-13)22-10-9-14(25-2)12-17(22)18(15)19(23)20(21)24/h9-10,12-13H,3-8,11H2,1-2H3,(H2,21,24). The Morgan fingerprint density at radius 2 is 2.00 bits per heavy atom. The van der Waals surface area contributed by atoms with E-state index in [0.29, 0.717) is 29.2 Å². The predicted molar refractivity (Wildman–Crippen MR) is 97.1 cm³/mol. The molecule has 2 heterocycles. The normalized spacial score (nSPS) is 15.4. The van der Waals surface area contributed by atoms with Crippen LogP contribution in [0.15, 0.2) is 18.3 Å². The van der Waals surface area contributed by atoms with Crippen LogP contribution in [0.5, 0.6) is 5.75 Å². The van der Waals surface area contributed by atoms with Crippen molar-refractivity contribution < 1.29 is 14.3 Å². The minimum absolute atomic E-state index is 0.444. The molecule has 5 heteroatoms. The molecule has 0 aromatic carbocycles. The van der Waals surface area contributed by atoms with Gasteiger partial charge in [0.2, 0.25) is 0 Å². The molecule has 25 heavy (non-hydrogen) atoms. The van der Waals surface area contributed by atoms with Crippen LogP contribution in [0, 0.1) is 5.92 Å². The highest BCUT2D eigenvalue weighted by molar-refractivity contribution is 6.44. The number of fused-ring (bicyclic) bond motifs is 1. The summed E-state index contributed by atoms with van der Waals surface area (Å²) in [4.78, 5) is 24.1. The maximum Gasteiger partial charge on any atom is 0.289 e. The van der Waals surface area contributed by atoms with Gasteiger partial charge in [0.1, 0.15) is 5.75 Å². The van der Waals surface area contributed by atoms with Gasteiger partial charge in [-0.05, 0) is 30.4 Å². The second-order valence-corrected chi connectivity index (χ2v) is 6.88. The topological polar surface area (TPSA) is 73.8 Å². The van der Waals surface area contributed by atoms with Crippen LogP contribution in [0.3, 0.4) is 0 Å². The number of hydrogen-bond acceptors (Lipinski definition) is 3. The molecule has 0 spiro atoms. The highest BCUT2D eigenvalue weighted by Gasteiger charge is 2.27. The van der Waals surface area contributed by atoms with Crippen LogP contribution in [-0.4, -0.2) is 23.2 Å². The Morgan fingerprint density at radius 1 is 1.28 bits per heavy atom. The number of nitrogens with zero attached hydrogens (tertiary/aromatic N) is 1. The number of rotatable bonds is 6. The molecule has 0 unspecified atom stereocenters. The van der Waals surface area contributed by atoms with E-state index < -0.39 is 11.7 Å². The smallest absolute Gasteiger partial charge is 0.289 e. The third-order valence-electron chi connectivity index (χ3n) is 5.37. The zero-order chi connectivity index (χ0) is 18.0. The number of primary amides is 1. The van der Waals surface area contributed by atoms with Gasteiger partial charge in [-0.3, -0.25) is 9.59 Å². The van der Waals surface area contributed by atoms with Crippen molar-refractivity contribution in [3.8, 4) is 5.75 Å². The van der Waals surface area contributed by atoms with Crippen LogP contribution in [0.1, 0.15) is 60.6 Å². The number of aromatic nitrogens is 1. The minimum Gasteiger partial charge on any atom is -0.497 e. The third kappa shape index (κ3) is 3.28. The van der Waals surface area contributed by atoms with Gasteiger partial charge in [-0.15, -0.1) is 0 Å². The lowest BCUT2D eigenvalue weighted by atomic mass is 9.85. The lowest BCUT2D eigenvalue weighted by molar-refractivity contribution is -0.114. The highest BCUT2D eigenvalue weighted by atomic mass is 16.5. The van der Waals surface area contributed by atoms with Gasteiger partial charge in [0.15, 0.2) is 0 Å². The number of hydrogen-bond donors (Lipinski definition) is 1. The Bertz CT molecular complexity index is 801. The maximum absolute atomic E-state index is 12.5. The van der Waals surface area contributed by atoms with Crippen LogP contribution >= 0.6 is 0 Å². The van der Waals surface area contributed by atoms with Gasteiger partial charge in [0.05, 0.1) is 18.2 Å². The molecular formula is C20H26N2O3. The molecule has 1 aliphatic carbocycles. The number of ether oxygens (including phenoxy) is 1. The summed E-state index contributed by atoms with van der Waals surface area (Å²) in [7, 11) is 1.59. The summed E-state index contributed by atoms with van der Waals surface area (Å²) < 4.78 is 7.36. The Hall–Kier alpha value is -2.30. The Balaban J connectivity index is 2.17. The van der Waals surface area contributed by atoms with E-state index in [-0.39, 0.29) is 0 Å². The molecule has 0 radical (unpaired) electrons. The lowest BCUT2D eigenvalue weighted by Gasteiger charge is -2.22. The number of ketones is 1. The summed E-state index contributed by atoms with van der Waals surface area (Å²) in [5.41, 5.74) is 8.56. The van der Waals surface area contributed by atoms with E-state index in [4.69, 9.17) is 10.5 Å². The molecule has 1 saturated carbocycles. The number of Topliss-reactive ketones (excluding diaryl/α,β-unsaturated/α-hetero) is 1. The van der Waals surface area contributed by atoms with Crippen molar-refractivity contribution in [1.82, 2.24) is 4.40 Å². The molecule has 1 fully saturated rings. The number of methoxy groups -OCH3 is 1. The van der Waals surface area contributed by atoms with Gasteiger partial charge in [0, 0.05) is 18.0 Å². The Morgan fingerprint density at radius 3 is 2.60 bits per heavy atom. The molecular weight excluding hydrogens is 316 g/mol. The summed E-state index contributed by atoms with van der Waals surface area (Å²) in [5, 5.41) is 0. The van der Waals surface area contributed by atoms with Crippen molar-refractivity contribution in [2.45, 2.75) is 51.9 Å². The van der Waals surface area contributed by atoms with Crippen molar-refractivity contribution in [2.75, 3.05) is 7.11 Å². The quantitative estimate of drug-likeness (QED) is 0.646. The van der Waals surface area contributed by atoms with Gasteiger partial charge in [-0.25, -0.2) is 0 Å². The van der Waals surface area contributed by atoms with E-state index in [0.717, 1.165) is 17.7 Å². The van der Waals surface area contributed by atoms with Crippen molar-refractivity contribution >= 4 is 17.2 Å². The van der Waals surface area contributed by atoms with Gasteiger partial charge >= 0.3 is 0 Å². The van der Waals surface area contributed by atoms with Gasteiger partial charge in [-0.1, -0.05) is 39.0 Å². The molecule has 2 aromatic heterocycles. The van der Waals surface area contributed by atoms with Crippen molar-refractivity contribution in [1.29, 1.82) is 0 Å². The monoisotopic (exact) mass is 342 g/mol. The largest absolute Gasteiger partial charge is 0.497 e. The summed E-state index contributed by atoms with van der Waals surface area (Å²) in [5.74, 6) is -0.224. The van der Waals surface area contributed by atoms with Crippen LogP contribution in [0.25, 0.3) is 5.52 Å². The average Bonchev–Trinajstić information content (AvgIpc) is 2.94. The zero-order valence-corrected chi connectivity index (χ0v) is 15.0. The SMILES string of the molecule is CCc1c(C(=O)C(N)=O)c2cc(OC)ccn2c1CC1CCCCC1. The molecule has 0 aliphatic heterocycles. The molecule has 2 N–H and O–H groups in total. The van der Waals surface area contributed by atoms with Gasteiger partial charge < -0.3 is 14.9 Å². The fourth-order valence-electron chi connectivity index (χ4n) is 4.12. The molecule has 134 valence electrons. The second kappa shape index (κ2) is 7.30. The van der Waals surface area contributed by atoms with E-state index >= 15 is 0 Å². The van der Waals surface area contributed by atoms with E-state index in [1.54, 1.807) is 7.11 Å². The number of amides is 1. The third-order valence-corrected chi connectivity index (χ3v) is 5.37. The van der Waals surface area contributed by atoms with Crippen molar-refractivity contribution in [2.24, 2.45) is 11.7 Å². The number of carbonyl (C=O) groups excluding carboxylic acids is 2. The Kier molecular flexibility index (Phi) is 5.11. The summed E-state index contributed by atoms with van der Waals surface area (Å²) in [6.45, 7) is 2.02. The van der Waals surface area contributed by atoms with E-state index in [1.807, 2.05) is 29.7 Å². The fraction of sp³-hybridized carbons (Fsp3) is 0.500. The van der Waals surface area contributed by atoms with Crippen molar-refractivity contribution in [3.63, 3.8) is 0 Å². The van der Waals surface area contributed by atoms with Gasteiger partial charge in [0.25, 0.3) is 11.7 Å². The van der Waals surface area contributed by atoms with Crippen molar-refractivity contribution in [3.05, 3.63) is 35.2 Å². The first kappa shape index (κ1) is 17.5. The first-order valence-electron chi connectivity index (χ1n) is 9.10. The van der Waals surface area contributed by atoms with Gasteiger partial charge in [-0.2, -0.15) is 0 Å². The number of pyridine rings is 1. The molecule has 3 rings (SSSR count). The van der Waals surface area contributed by atoms with Crippen LogP contribution in [0.4, 0.5) is 0 Å². The molecule has 5 nitrogen and oxygen atoms in total. The van der Waals surface area contributed by atoms with E-state index in [1.165, 1.54) is 32.1 Å². The zero-order valence-electron chi connectivity index (χ0n) is 15.0. The van der Waals surface area contributed by atoms with Crippen LogP contribution in [0.2, 0.25) is 0 Å². The lowest BCUT2D eigenvalue weighted by Crippen LogP contribution is -2.24. The van der Waals surface area contributed by atoms with Crippen LogP contribution in [-0.2, 0) is 17.6 Å². The summed E-state index contributed by atoms with van der Waals surface area (Å²) >= 11 is 0.